The first-order valence-electron chi connectivity index (χ1n) is 6.46. The third-order valence-corrected chi connectivity index (χ3v) is 2.77. The summed E-state index contributed by atoms with van der Waals surface area (Å²) < 4.78 is 43.7. The van der Waals surface area contributed by atoms with E-state index in [1.807, 2.05) is 0 Å². The maximum Gasteiger partial charge on any atom is 0.423 e. The normalized spacial score (nSPS) is 12.9. The van der Waals surface area contributed by atoms with Gasteiger partial charge in [-0.15, -0.1) is 0 Å². The third kappa shape index (κ3) is 5.35. The van der Waals surface area contributed by atoms with Gasteiger partial charge in [-0.05, 0) is 6.42 Å². The van der Waals surface area contributed by atoms with Crippen LogP contribution in [0, 0.1) is 0 Å². The highest BCUT2D eigenvalue weighted by molar-refractivity contribution is 5.66. The number of H-pyrrole nitrogens is 1. The fraction of sp³-hybridized carbons (Fsp3) is 0.583. The molecular weight excluding hydrogens is 307 g/mol. The van der Waals surface area contributed by atoms with E-state index in [2.05, 4.69) is 10.4 Å². The molecule has 1 aromatic rings. The second kappa shape index (κ2) is 7.78. The summed E-state index contributed by atoms with van der Waals surface area (Å²) in [4.78, 5) is 21.6. The number of carboxylic acids is 1. The molecule has 124 valence electrons. The van der Waals surface area contributed by atoms with Crippen LogP contribution in [0.1, 0.15) is 25.3 Å². The number of alkyl halides is 3. The highest BCUT2D eigenvalue weighted by Gasteiger charge is 2.37. The van der Waals surface area contributed by atoms with Crippen LogP contribution in [0.3, 0.4) is 0 Å². The lowest BCUT2D eigenvalue weighted by Gasteiger charge is -2.20. The summed E-state index contributed by atoms with van der Waals surface area (Å²) in [7, 11) is 0. The predicted molar refractivity (Wildman–Crippen MR) is 70.6 cm³/mol. The average molecular weight is 323 g/mol. The SMILES string of the molecule is CCC(COCCC(=O)O)Nc1cn[nH]c(=O)c1C(F)(F)F. The Morgan fingerprint density at radius 2 is 2.23 bits per heavy atom. The fourth-order valence-electron chi connectivity index (χ4n) is 1.66. The van der Waals surface area contributed by atoms with Crippen LogP contribution in [0.4, 0.5) is 18.9 Å². The Balaban J connectivity index is 2.77. The van der Waals surface area contributed by atoms with Crippen molar-refractivity contribution < 1.29 is 27.8 Å². The van der Waals surface area contributed by atoms with Crippen LogP contribution < -0.4 is 10.9 Å². The topological polar surface area (TPSA) is 104 Å². The first-order valence-corrected chi connectivity index (χ1v) is 6.46. The minimum atomic E-state index is -4.82. The Morgan fingerprint density at radius 3 is 2.77 bits per heavy atom. The Kier molecular flexibility index (Phi) is 6.35. The van der Waals surface area contributed by atoms with Crippen molar-refractivity contribution in [2.75, 3.05) is 18.5 Å². The van der Waals surface area contributed by atoms with Gasteiger partial charge in [-0.3, -0.25) is 9.59 Å². The van der Waals surface area contributed by atoms with E-state index in [9.17, 15) is 22.8 Å². The number of carbonyl (C=O) groups is 1. The molecule has 1 aromatic heterocycles. The quantitative estimate of drug-likeness (QED) is 0.626. The van der Waals surface area contributed by atoms with Crippen LogP contribution in [0.5, 0.6) is 0 Å². The van der Waals surface area contributed by atoms with Gasteiger partial charge in [-0.25, -0.2) is 5.10 Å². The molecule has 0 amide bonds. The lowest BCUT2D eigenvalue weighted by molar-refractivity contribution is -0.139. The van der Waals surface area contributed by atoms with Gasteiger partial charge in [0.15, 0.2) is 0 Å². The van der Waals surface area contributed by atoms with Crippen molar-refractivity contribution in [3.63, 3.8) is 0 Å². The van der Waals surface area contributed by atoms with E-state index in [0.717, 1.165) is 6.20 Å². The zero-order valence-corrected chi connectivity index (χ0v) is 11.7. The Bertz CT molecular complexity index is 559. The van der Waals surface area contributed by atoms with Crippen LogP contribution >= 0.6 is 0 Å². The maximum atomic E-state index is 12.9. The zero-order valence-electron chi connectivity index (χ0n) is 11.7. The molecule has 7 nitrogen and oxygen atoms in total. The van der Waals surface area contributed by atoms with Crippen molar-refractivity contribution >= 4 is 11.7 Å². The Morgan fingerprint density at radius 1 is 1.55 bits per heavy atom. The van der Waals surface area contributed by atoms with Gasteiger partial charge < -0.3 is 15.2 Å². The first kappa shape index (κ1) is 18.0. The van der Waals surface area contributed by atoms with Crippen molar-refractivity contribution in [1.82, 2.24) is 10.2 Å². The van der Waals surface area contributed by atoms with Crippen LogP contribution in [-0.4, -0.2) is 40.5 Å². The zero-order chi connectivity index (χ0) is 16.8. The van der Waals surface area contributed by atoms with Gasteiger partial charge >= 0.3 is 12.1 Å². The summed E-state index contributed by atoms with van der Waals surface area (Å²) in [6, 6.07) is -0.515. The van der Waals surface area contributed by atoms with E-state index >= 15 is 0 Å². The maximum absolute atomic E-state index is 12.9. The van der Waals surface area contributed by atoms with Crippen molar-refractivity contribution in [3.05, 3.63) is 22.1 Å². The standard InChI is InChI=1S/C12H16F3N3O4/c1-2-7(6-22-4-3-9(19)20)17-8-5-16-18-11(21)10(8)12(13,14)15/h5,7H,2-4,6H2,1H3,(H,19,20)(H2,17,18,21). The second-order valence-corrected chi connectivity index (χ2v) is 4.45. The molecule has 0 saturated heterocycles. The molecule has 0 spiro atoms. The van der Waals surface area contributed by atoms with Crippen LogP contribution in [-0.2, 0) is 15.7 Å². The number of rotatable bonds is 8. The molecule has 0 bridgehead atoms. The number of anilines is 1. The molecule has 0 aliphatic carbocycles. The van der Waals surface area contributed by atoms with Crippen molar-refractivity contribution in [1.29, 1.82) is 0 Å². The number of ether oxygens (including phenoxy) is 1. The van der Waals surface area contributed by atoms with Gasteiger partial charge in [0.1, 0.15) is 5.56 Å². The van der Waals surface area contributed by atoms with Gasteiger partial charge in [0.05, 0.1) is 31.5 Å². The minimum absolute atomic E-state index is 0.00781. The number of halogens is 3. The van der Waals surface area contributed by atoms with E-state index in [-0.39, 0.29) is 19.6 Å². The molecule has 1 unspecified atom stereocenters. The minimum Gasteiger partial charge on any atom is -0.481 e. The van der Waals surface area contributed by atoms with Crippen molar-refractivity contribution in [2.24, 2.45) is 0 Å². The number of carboxylic acid groups (broad SMARTS) is 1. The summed E-state index contributed by atoms with van der Waals surface area (Å²) in [5.74, 6) is -1.03. The summed E-state index contributed by atoms with van der Waals surface area (Å²) in [5.41, 5.74) is -3.13. The lowest BCUT2D eigenvalue weighted by atomic mass is 10.2. The molecule has 0 aliphatic heterocycles. The van der Waals surface area contributed by atoms with Crippen molar-refractivity contribution in [3.8, 4) is 0 Å². The second-order valence-electron chi connectivity index (χ2n) is 4.45. The number of nitrogens with one attached hydrogen (secondary N) is 2. The first-order chi connectivity index (χ1) is 10.3. The van der Waals surface area contributed by atoms with Gasteiger partial charge in [-0.1, -0.05) is 6.92 Å². The summed E-state index contributed by atoms with van der Waals surface area (Å²) in [5, 5.41) is 16.1. The summed E-state index contributed by atoms with van der Waals surface area (Å²) >= 11 is 0. The molecule has 0 aliphatic rings. The highest BCUT2D eigenvalue weighted by atomic mass is 19.4. The molecule has 10 heteroatoms. The van der Waals surface area contributed by atoms with Crippen LogP contribution in [0.15, 0.2) is 11.0 Å². The lowest BCUT2D eigenvalue weighted by Crippen LogP contribution is -2.30. The fourth-order valence-corrected chi connectivity index (χ4v) is 1.66. The van der Waals surface area contributed by atoms with E-state index in [4.69, 9.17) is 9.84 Å². The molecule has 1 rings (SSSR count). The highest BCUT2D eigenvalue weighted by Crippen LogP contribution is 2.31. The molecular formula is C12H16F3N3O4. The average Bonchev–Trinajstić information content (AvgIpc) is 2.40. The number of nitrogens with zero attached hydrogens (tertiary/aromatic N) is 1. The third-order valence-electron chi connectivity index (χ3n) is 2.77. The Hall–Kier alpha value is -2.10. The van der Waals surface area contributed by atoms with Crippen LogP contribution in [0.25, 0.3) is 0 Å². The van der Waals surface area contributed by atoms with Gasteiger partial charge in [0.25, 0.3) is 5.56 Å². The number of aromatic amines is 1. The van der Waals surface area contributed by atoms with Crippen LogP contribution in [0.2, 0.25) is 0 Å². The number of hydrogen-bond acceptors (Lipinski definition) is 5. The van der Waals surface area contributed by atoms with Gasteiger partial charge in [-0.2, -0.15) is 18.3 Å². The van der Waals surface area contributed by atoms with E-state index in [1.54, 1.807) is 12.0 Å². The molecule has 0 fully saturated rings. The summed E-state index contributed by atoms with van der Waals surface area (Å²) in [6.45, 7) is 1.67. The van der Waals surface area contributed by atoms with E-state index in [0.29, 0.717) is 6.42 Å². The smallest absolute Gasteiger partial charge is 0.423 e. The molecule has 0 saturated carbocycles. The number of hydrogen-bond donors (Lipinski definition) is 3. The number of aromatic nitrogens is 2. The van der Waals surface area contributed by atoms with Gasteiger partial charge in [0.2, 0.25) is 0 Å². The molecule has 0 radical (unpaired) electrons. The summed E-state index contributed by atoms with van der Waals surface area (Å²) in [6.07, 6.45) is -3.72. The molecule has 1 heterocycles. The van der Waals surface area contributed by atoms with E-state index in [1.165, 1.54) is 0 Å². The van der Waals surface area contributed by atoms with Crippen molar-refractivity contribution in [2.45, 2.75) is 32.0 Å². The molecule has 22 heavy (non-hydrogen) atoms. The Labute approximate surface area is 123 Å². The monoisotopic (exact) mass is 323 g/mol. The molecule has 1 atom stereocenters. The number of aliphatic carboxylic acids is 1. The van der Waals surface area contributed by atoms with E-state index < -0.39 is 35.0 Å². The van der Waals surface area contributed by atoms with Gasteiger partial charge in [0, 0.05) is 6.04 Å². The predicted octanol–water partition coefficient (Wildman–Crippen LogP) is 1.47. The molecule has 3 N–H and O–H groups in total. The largest absolute Gasteiger partial charge is 0.481 e. The molecule has 0 aromatic carbocycles.